The van der Waals surface area contributed by atoms with Crippen molar-refractivity contribution in [1.82, 2.24) is 15.0 Å². The number of β-amino-alcohol motifs (C(OH)–C–C–N with tert-alkyl or cyclic N) is 1. The molecule has 0 radical (unpaired) electrons. The van der Waals surface area contributed by atoms with E-state index in [4.69, 9.17) is 9.26 Å². The van der Waals surface area contributed by atoms with Crippen LogP contribution < -0.4 is 4.74 Å². The first-order chi connectivity index (χ1) is 12.1. The van der Waals surface area contributed by atoms with Crippen LogP contribution in [0.3, 0.4) is 0 Å². The Morgan fingerprint density at radius 1 is 1.12 bits per heavy atom. The zero-order valence-corrected chi connectivity index (χ0v) is 15.0. The van der Waals surface area contributed by atoms with Gasteiger partial charge >= 0.3 is 0 Å². The molecule has 1 aromatic heterocycles. The number of benzene rings is 1. The lowest BCUT2D eigenvalue weighted by atomic mass is 10.2. The molecular weight excluding hydrogens is 318 g/mol. The molecule has 1 N–H and O–H groups in total. The number of hydrogen-bond acceptors (Lipinski definition) is 6. The van der Waals surface area contributed by atoms with E-state index in [9.17, 15) is 5.11 Å². The molecule has 0 spiro atoms. The van der Waals surface area contributed by atoms with Gasteiger partial charge < -0.3 is 14.4 Å². The van der Waals surface area contributed by atoms with Crippen molar-refractivity contribution in [3.05, 3.63) is 47.3 Å². The highest BCUT2D eigenvalue weighted by Crippen LogP contribution is 2.13. The van der Waals surface area contributed by atoms with E-state index in [1.165, 1.54) is 5.56 Å². The number of aliphatic hydroxyl groups excluding tert-OH is 1. The fourth-order valence-corrected chi connectivity index (χ4v) is 3.02. The molecule has 1 fully saturated rings. The maximum Gasteiger partial charge on any atom is 0.150 e. The van der Waals surface area contributed by atoms with Gasteiger partial charge in [0.05, 0.1) is 12.2 Å². The van der Waals surface area contributed by atoms with E-state index in [1.54, 1.807) is 0 Å². The Bertz CT molecular complexity index is 648. The second-order valence-electron chi connectivity index (χ2n) is 6.79. The summed E-state index contributed by atoms with van der Waals surface area (Å²) in [6.45, 7) is 9.54. The summed E-state index contributed by atoms with van der Waals surface area (Å²) in [5.41, 5.74) is 2.12. The molecule has 1 aromatic carbocycles. The van der Waals surface area contributed by atoms with Crippen LogP contribution in [0.15, 0.2) is 34.9 Å². The molecule has 0 saturated carbocycles. The van der Waals surface area contributed by atoms with Crippen LogP contribution in [-0.4, -0.2) is 65.5 Å². The lowest BCUT2D eigenvalue weighted by molar-refractivity contribution is 0.0430. The Balaban J connectivity index is 1.35. The van der Waals surface area contributed by atoms with Crippen molar-refractivity contribution < 1.29 is 14.4 Å². The largest absolute Gasteiger partial charge is 0.491 e. The van der Waals surface area contributed by atoms with E-state index in [0.29, 0.717) is 13.2 Å². The molecule has 0 bridgehead atoms. The molecule has 1 aliphatic heterocycles. The molecule has 1 saturated heterocycles. The number of aryl methyl sites for hydroxylation is 2. The first kappa shape index (κ1) is 17.9. The summed E-state index contributed by atoms with van der Waals surface area (Å²) in [4.78, 5) is 4.64. The van der Waals surface area contributed by atoms with Crippen LogP contribution >= 0.6 is 0 Å². The van der Waals surface area contributed by atoms with Crippen molar-refractivity contribution in [3.63, 3.8) is 0 Å². The molecule has 0 unspecified atom stereocenters. The highest BCUT2D eigenvalue weighted by Gasteiger charge is 2.20. The number of rotatable bonds is 7. The highest BCUT2D eigenvalue weighted by atomic mass is 16.5. The van der Waals surface area contributed by atoms with Crippen molar-refractivity contribution in [2.45, 2.75) is 26.5 Å². The summed E-state index contributed by atoms with van der Waals surface area (Å²) in [5.74, 6) is 1.72. The topological polar surface area (TPSA) is 62.0 Å². The summed E-state index contributed by atoms with van der Waals surface area (Å²) in [7, 11) is 0. The number of piperazine rings is 1. The predicted molar refractivity (Wildman–Crippen MR) is 95.6 cm³/mol. The zero-order valence-electron chi connectivity index (χ0n) is 15.0. The van der Waals surface area contributed by atoms with Gasteiger partial charge in [-0.1, -0.05) is 22.9 Å². The van der Waals surface area contributed by atoms with E-state index in [0.717, 1.165) is 49.9 Å². The molecule has 136 valence electrons. The minimum atomic E-state index is -0.482. The highest BCUT2D eigenvalue weighted by molar-refractivity contribution is 5.26. The van der Waals surface area contributed by atoms with Gasteiger partial charge in [0.25, 0.3) is 0 Å². The second-order valence-corrected chi connectivity index (χ2v) is 6.79. The fraction of sp³-hybridized carbons (Fsp3) is 0.526. The van der Waals surface area contributed by atoms with Gasteiger partial charge in [0.2, 0.25) is 0 Å². The summed E-state index contributed by atoms with van der Waals surface area (Å²) >= 11 is 0. The van der Waals surface area contributed by atoms with Gasteiger partial charge in [-0.25, -0.2) is 0 Å². The third kappa shape index (κ3) is 5.56. The van der Waals surface area contributed by atoms with Gasteiger partial charge in [-0.15, -0.1) is 0 Å². The number of aliphatic hydroxyl groups is 1. The van der Waals surface area contributed by atoms with Crippen LogP contribution in [0.5, 0.6) is 5.75 Å². The number of hydrogen-bond donors (Lipinski definition) is 1. The molecular formula is C19H27N3O3. The van der Waals surface area contributed by atoms with Crippen molar-refractivity contribution in [1.29, 1.82) is 0 Å². The molecule has 6 heteroatoms. The van der Waals surface area contributed by atoms with Gasteiger partial charge in [-0.05, 0) is 26.0 Å². The summed E-state index contributed by atoms with van der Waals surface area (Å²) in [6, 6.07) is 9.88. The summed E-state index contributed by atoms with van der Waals surface area (Å²) in [5, 5.41) is 14.1. The van der Waals surface area contributed by atoms with Crippen LogP contribution in [0.1, 0.15) is 17.0 Å². The minimum absolute atomic E-state index is 0.320. The first-order valence-corrected chi connectivity index (χ1v) is 8.83. The SMILES string of the molecule is Cc1ccc(OC[C@H](O)CN2CCN(Cc3cc(C)no3)CC2)cc1. The quantitative estimate of drug-likeness (QED) is 0.826. The van der Waals surface area contributed by atoms with Crippen molar-refractivity contribution in [2.24, 2.45) is 0 Å². The predicted octanol–water partition coefficient (Wildman–Crippen LogP) is 1.85. The fourth-order valence-electron chi connectivity index (χ4n) is 3.02. The zero-order chi connectivity index (χ0) is 17.6. The third-order valence-electron chi connectivity index (χ3n) is 4.45. The number of ether oxygens (including phenoxy) is 1. The van der Waals surface area contributed by atoms with E-state index < -0.39 is 6.10 Å². The van der Waals surface area contributed by atoms with Gasteiger partial charge in [0, 0.05) is 38.8 Å². The number of aromatic nitrogens is 1. The summed E-state index contributed by atoms with van der Waals surface area (Å²) < 4.78 is 10.9. The Morgan fingerprint density at radius 3 is 2.44 bits per heavy atom. The Hall–Kier alpha value is -1.89. The molecule has 3 rings (SSSR count). The van der Waals surface area contributed by atoms with Crippen LogP contribution in [-0.2, 0) is 6.54 Å². The summed E-state index contributed by atoms with van der Waals surface area (Å²) in [6.07, 6.45) is -0.482. The standard InChI is InChI=1S/C19H27N3O3/c1-15-3-5-18(6-4-15)24-14-17(23)12-21-7-9-22(10-8-21)13-19-11-16(2)20-25-19/h3-6,11,17,23H,7-10,12-14H2,1-2H3/t17-/m1/s1. The third-order valence-corrected chi connectivity index (χ3v) is 4.45. The Kier molecular flexibility index (Phi) is 6.07. The smallest absolute Gasteiger partial charge is 0.150 e. The average Bonchev–Trinajstić information content (AvgIpc) is 3.01. The van der Waals surface area contributed by atoms with Crippen molar-refractivity contribution >= 4 is 0 Å². The van der Waals surface area contributed by atoms with Gasteiger partial charge in [0.1, 0.15) is 18.5 Å². The van der Waals surface area contributed by atoms with E-state index in [2.05, 4.69) is 15.0 Å². The van der Waals surface area contributed by atoms with Crippen LogP contribution in [0.2, 0.25) is 0 Å². The molecule has 2 aromatic rings. The minimum Gasteiger partial charge on any atom is -0.491 e. The Morgan fingerprint density at radius 2 is 1.80 bits per heavy atom. The van der Waals surface area contributed by atoms with Gasteiger partial charge in [-0.2, -0.15) is 0 Å². The van der Waals surface area contributed by atoms with E-state index in [-0.39, 0.29) is 0 Å². The van der Waals surface area contributed by atoms with E-state index >= 15 is 0 Å². The van der Waals surface area contributed by atoms with Gasteiger partial charge in [0.15, 0.2) is 5.76 Å². The molecule has 1 atom stereocenters. The lowest BCUT2D eigenvalue weighted by Crippen LogP contribution is -2.48. The van der Waals surface area contributed by atoms with Crippen LogP contribution in [0, 0.1) is 13.8 Å². The molecule has 25 heavy (non-hydrogen) atoms. The van der Waals surface area contributed by atoms with Crippen molar-refractivity contribution in [2.75, 3.05) is 39.3 Å². The lowest BCUT2D eigenvalue weighted by Gasteiger charge is -2.35. The van der Waals surface area contributed by atoms with Gasteiger partial charge in [-0.3, -0.25) is 9.80 Å². The van der Waals surface area contributed by atoms with Crippen LogP contribution in [0.4, 0.5) is 0 Å². The van der Waals surface area contributed by atoms with Crippen LogP contribution in [0.25, 0.3) is 0 Å². The molecule has 2 heterocycles. The normalized spacial score (nSPS) is 17.6. The molecule has 0 amide bonds. The molecule has 1 aliphatic rings. The average molecular weight is 345 g/mol. The Labute approximate surface area is 149 Å². The maximum absolute atomic E-state index is 10.2. The molecule has 6 nitrogen and oxygen atoms in total. The monoisotopic (exact) mass is 345 g/mol. The van der Waals surface area contributed by atoms with Crippen molar-refractivity contribution in [3.8, 4) is 5.75 Å². The van der Waals surface area contributed by atoms with E-state index in [1.807, 2.05) is 44.2 Å². The number of nitrogens with zero attached hydrogens (tertiary/aromatic N) is 3. The second kappa shape index (κ2) is 8.47. The maximum atomic E-state index is 10.2. The first-order valence-electron chi connectivity index (χ1n) is 8.83. The molecule has 0 aliphatic carbocycles.